The first-order chi connectivity index (χ1) is 7.88. The summed E-state index contributed by atoms with van der Waals surface area (Å²) in [6.07, 6.45) is 0.908. The molecule has 2 rings (SSSR count). The second kappa shape index (κ2) is 3.81. The molecule has 0 spiro atoms. The summed E-state index contributed by atoms with van der Waals surface area (Å²) < 4.78 is 26.9. The summed E-state index contributed by atoms with van der Waals surface area (Å²) in [6, 6.07) is 7.08. The Morgan fingerprint density at radius 1 is 1.06 bits per heavy atom. The highest BCUT2D eigenvalue weighted by Gasteiger charge is 2.13. The number of aromatic hydroxyl groups is 2. The smallest absolute Gasteiger partial charge is 0.306 e. The SMILES string of the molecule is CS(=O)(=O)Oc1cccc2c(O)ccc(O)c12. The summed E-state index contributed by atoms with van der Waals surface area (Å²) in [5.41, 5.74) is 0. The van der Waals surface area contributed by atoms with Crippen molar-refractivity contribution in [1.82, 2.24) is 0 Å². The Balaban J connectivity index is 2.77. The molecule has 17 heavy (non-hydrogen) atoms. The van der Waals surface area contributed by atoms with Gasteiger partial charge in [-0.3, -0.25) is 0 Å². The van der Waals surface area contributed by atoms with Gasteiger partial charge in [-0.1, -0.05) is 12.1 Å². The molecule has 0 saturated carbocycles. The van der Waals surface area contributed by atoms with Gasteiger partial charge in [0.15, 0.2) is 5.75 Å². The molecule has 90 valence electrons. The second-order valence-electron chi connectivity index (χ2n) is 3.57. The van der Waals surface area contributed by atoms with Crippen LogP contribution >= 0.6 is 0 Å². The van der Waals surface area contributed by atoms with Gasteiger partial charge in [0.25, 0.3) is 0 Å². The monoisotopic (exact) mass is 254 g/mol. The molecule has 0 saturated heterocycles. The fourth-order valence-electron chi connectivity index (χ4n) is 1.57. The van der Waals surface area contributed by atoms with Gasteiger partial charge in [-0.2, -0.15) is 8.42 Å². The summed E-state index contributed by atoms with van der Waals surface area (Å²) in [7, 11) is -3.69. The minimum Gasteiger partial charge on any atom is -0.507 e. The number of rotatable bonds is 2. The number of phenolic OH excluding ortho intramolecular Hbond substituents is 2. The Labute approximate surface area is 98.0 Å². The van der Waals surface area contributed by atoms with Crippen LogP contribution in [-0.2, 0) is 10.1 Å². The van der Waals surface area contributed by atoms with E-state index in [0.29, 0.717) is 5.39 Å². The number of phenols is 2. The molecule has 0 amide bonds. The van der Waals surface area contributed by atoms with Crippen molar-refractivity contribution in [2.75, 3.05) is 6.26 Å². The highest BCUT2D eigenvalue weighted by molar-refractivity contribution is 7.86. The van der Waals surface area contributed by atoms with E-state index in [0.717, 1.165) is 6.26 Å². The van der Waals surface area contributed by atoms with Crippen molar-refractivity contribution in [3.63, 3.8) is 0 Å². The normalized spacial score (nSPS) is 11.6. The van der Waals surface area contributed by atoms with Gasteiger partial charge in [0.2, 0.25) is 0 Å². The average molecular weight is 254 g/mol. The molecule has 0 aliphatic carbocycles. The quantitative estimate of drug-likeness (QED) is 0.628. The van der Waals surface area contributed by atoms with Crippen LogP contribution in [-0.4, -0.2) is 24.9 Å². The molecule has 5 nitrogen and oxygen atoms in total. The van der Waals surface area contributed by atoms with E-state index in [9.17, 15) is 18.6 Å². The molecule has 6 heteroatoms. The van der Waals surface area contributed by atoms with Gasteiger partial charge in [-0.15, -0.1) is 0 Å². The zero-order valence-corrected chi connectivity index (χ0v) is 9.73. The average Bonchev–Trinajstić information content (AvgIpc) is 2.21. The van der Waals surface area contributed by atoms with Gasteiger partial charge in [-0.25, -0.2) is 0 Å². The summed E-state index contributed by atoms with van der Waals surface area (Å²) in [5.74, 6) is -0.229. The van der Waals surface area contributed by atoms with E-state index in [2.05, 4.69) is 0 Å². The Kier molecular flexibility index (Phi) is 2.59. The van der Waals surface area contributed by atoms with Gasteiger partial charge in [-0.05, 0) is 18.2 Å². The van der Waals surface area contributed by atoms with Crippen molar-refractivity contribution in [3.05, 3.63) is 30.3 Å². The lowest BCUT2D eigenvalue weighted by atomic mass is 10.1. The number of hydrogen-bond donors (Lipinski definition) is 2. The van der Waals surface area contributed by atoms with Crippen LogP contribution in [0, 0.1) is 0 Å². The van der Waals surface area contributed by atoms with Crippen LogP contribution in [0.25, 0.3) is 10.8 Å². The highest BCUT2D eigenvalue weighted by atomic mass is 32.2. The molecule has 2 aromatic carbocycles. The Bertz CT molecular complexity index is 676. The molecule has 0 heterocycles. The first-order valence-corrected chi connectivity index (χ1v) is 6.53. The van der Waals surface area contributed by atoms with Crippen molar-refractivity contribution in [1.29, 1.82) is 0 Å². The summed E-state index contributed by atoms with van der Waals surface area (Å²) in [5, 5.41) is 19.8. The van der Waals surface area contributed by atoms with Crippen LogP contribution in [0.4, 0.5) is 0 Å². The maximum absolute atomic E-state index is 11.1. The Morgan fingerprint density at radius 2 is 1.71 bits per heavy atom. The van der Waals surface area contributed by atoms with Crippen LogP contribution in [0.5, 0.6) is 17.2 Å². The fraction of sp³-hybridized carbons (Fsp3) is 0.0909. The molecule has 0 bridgehead atoms. The van der Waals surface area contributed by atoms with E-state index in [1.807, 2.05) is 0 Å². The molecule has 0 aliphatic rings. The second-order valence-corrected chi connectivity index (χ2v) is 5.14. The molecule has 0 aromatic heterocycles. The number of benzene rings is 2. The predicted molar refractivity (Wildman–Crippen MR) is 62.7 cm³/mol. The van der Waals surface area contributed by atoms with E-state index in [4.69, 9.17) is 4.18 Å². The molecular formula is C11H10O5S. The summed E-state index contributed by atoms with van der Waals surface area (Å²) in [6.45, 7) is 0. The first kappa shape index (κ1) is 11.5. The molecule has 0 atom stereocenters. The van der Waals surface area contributed by atoms with Crippen LogP contribution < -0.4 is 4.18 Å². The zero-order chi connectivity index (χ0) is 12.6. The van der Waals surface area contributed by atoms with Gasteiger partial charge in [0, 0.05) is 5.39 Å². The third-order valence-corrected chi connectivity index (χ3v) is 2.68. The third kappa shape index (κ3) is 2.26. The van der Waals surface area contributed by atoms with Crippen molar-refractivity contribution >= 4 is 20.9 Å². The van der Waals surface area contributed by atoms with Crippen molar-refractivity contribution in [2.45, 2.75) is 0 Å². The van der Waals surface area contributed by atoms with Gasteiger partial charge >= 0.3 is 10.1 Å². The first-order valence-electron chi connectivity index (χ1n) is 4.71. The lowest BCUT2D eigenvalue weighted by molar-refractivity contribution is 0.465. The molecule has 0 aliphatic heterocycles. The third-order valence-electron chi connectivity index (χ3n) is 2.20. The van der Waals surface area contributed by atoms with Crippen molar-refractivity contribution in [3.8, 4) is 17.2 Å². The van der Waals surface area contributed by atoms with Crippen LogP contribution in [0.1, 0.15) is 0 Å². The van der Waals surface area contributed by atoms with Gasteiger partial charge < -0.3 is 14.4 Å². The van der Waals surface area contributed by atoms with Crippen LogP contribution in [0.2, 0.25) is 0 Å². The Hall–Kier alpha value is -1.95. The molecular weight excluding hydrogens is 244 g/mol. The maximum atomic E-state index is 11.1. The fourth-order valence-corrected chi connectivity index (χ4v) is 2.04. The van der Waals surface area contributed by atoms with E-state index in [1.54, 1.807) is 6.07 Å². The molecule has 2 aromatic rings. The van der Waals surface area contributed by atoms with Gasteiger partial charge in [0.1, 0.15) is 11.5 Å². The molecule has 0 radical (unpaired) electrons. The molecule has 0 fully saturated rings. The summed E-state index contributed by atoms with van der Waals surface area (Å²) in [4.78, 5) is 0. The molecule has 0 unspecified atom stereocenters. The van der Waals surface area contributed by atoms with E-state index in [1.165, 1.54) is 24.3 Å². The maximum Gasteiger partial charge on any atom is 0.306 e. The largest absolute Gasteiger partial charge is 0.507 e. The summed E-state index contributed by atoms with van der Waals surface area (Å²) >= 11 is 0. The minimum absolute atomic E-state index is 0.0154. The predicted octanol–water partition coefficient (Wildman–Crippen LogP) is 1.59. The molecule has 2 N–H and O–H groups in total. The van der Waals surface area contributed by atoms with Crippen LogP contribution in [0.3, 0.4) is 0 Å². The van der Waals surface area contributed by atoms with E-state index in [-0.39, 0.29) is 22.6 Å². The zero-order valence-electron chi connectivity index (χ0n) is 8.91. The van der Waals surface area contributed by atoms with Crippen molar-refractivity contribution < 1.29 is 22.8 Å². The topological polar surface area (TPSA) is 83.8 Å². The van der Waals surface area contributed by atoms with E-state index >= 15 is 0 Å². The number of fused-ring (bicyclic) bond motifs is 1. The lowest BCUT2D eigenvalue weighted by Gasteiger charge is -2.09. The standard InChI is InChI=1S/C11H10O5S/c1-17(14,15)16-10-4-2-3-7-8(12)5-6-9(13)11(7)10/h2-6,12-13H,1H3. The highest BCUT2D eigenvalue weighted by Crippen LogP contribution is 2.38. The van der Waals surface area contributed by atoms with Crippen LogP contribution in [0.15, 0.2) is 30.3 Å². The minimum atomic E-state index is -3.69. The van der Waals surface area contributed by atoms with Gasteiger partial charge in [0.05, 0.1) is 11.6 Å². The van der Waals surface area contributed by atoms with E-state index < -0.39 is 10.1 Å². The number of hydrogen-bond acceptors (Lipinski definition) is 5. The Morgan fingerprint density at radius 3 is 2.35 bits per heavy atom. The van der Waals surface area contributed by atoms with Crippen molar-refractivity contribution in [2.24, 2.45) is 0 Å². The lowest BCUT2D eigenvalue weighted by Crippen LogP contribution is -2.06.